The first kappa shape index (κ1) is 15.8. The van der Waals surface area contributed by atoms with Crippen LogP contribution in [0.5, 0.6) is 0 Å². The summed E-state index contributed by atoms with van der Waals surface area (Å²) in [6.45, 7) is 2.05. The fourth-order valence-electron chi connectivity index (χ4n) is 1.76. The van der Waals surface area contributed by atoms with Crippen LogP contribution in [0.15, 0.2) is 39.3 Å². The molecule has 0 nitrogen and oxygen atoms in total. The lowest BCUT2D eigenvalue weighted by Crippen LogP contribution is -1.95. The smallest absolute Gasteiger partial charge is 0.0657 e. The lowest BCUT2D eigenvalue weighted by Gasteiger charge is -2.15. The van der Waals surface area contributed by atoms with Crippen molar-refractivity contribution in [2.75, 3.05) is 0 Å². The Bertz CT molecular complexity index is 606. The van der Waals surface area contributed by atoms with E-state index in [1.54, 1.807) is 6.07 Å². The average Bonchev–Trinajstić information content (AvgIpc) is 2.31. The first-order chi connectivity index (χ1) is 8.88. The molecule has 100 valence electrons. The molecule has 0 saturated heterocycles. The van der Waals surface area contributed by atoms with E-state index in [9.17, 15) is 0 Å². The molecule has 5 heteroatoms. The minimum atomic E-state index is 0.0231. The third-order valence-electron chi connectivity index (χ3n) is 2.73. The van der Waals surface area contributed by atoms with Gasteiger partial charge in [0.15, 0.2) is 0 Å². The van der Waals surface area contributed by atoms with Gasteiger partial charge in [-0.2, -0.15) is 0 Å². The Morgan fingerprint density at radius 2 is 1.47 bits per heavy atom. The number of halogens is 5. The highest BCUT2D eigenvalue weighted by atomic mass is 79.9. The molecule has 19 heavy (non-hydrogen) atoms. The van der Waals surface area contributed by atoms with E-state index in [0.717, 1.165) is 20.1 Å². The van der Waals surface area contributed by atoms with E-state index in [1.165, 1.54) is 5.56 Å². The Morgan fingerprint density at radius 3 is 2.05 bits per heavy atom. The number of aryl methyl sites for hydroxylation is 1. The summed E-state index contributed by atoms with van der Waals surface area (Å²) in [6.07, 6.45) is 0. The second-order valence-corrected chi connectivity index (χ2v) is 7.69. The summed E-state index contributed by atoms with van der Waals surface area (Å²) in [6, 6.07) is 9.72. The summed E-state index contributed by atoms with van der Waals surface area (Å²) in [5, 5.41) is 1.27. The Balaban J connectivity index is 2.49. The van der Waals surface area contributed by atoms with E-state index >= 15 is 0 Å². The largest absolute Gasteiger partial charge is 0.0843 e. The molecule has 0 amide bonds. The molecule has 0 N–H and O–H groups in total. The quantitative estimate of drug-likeness (QED) is 0.390. The second-order valence-electron chi connectivity index (χ2n) is 4.19. The summed E-state index contributed by atoms with van der Waals surface area (Å²) in [5.41, 5.74) is 3.32. The lowest BCUT2D eigenvalue weighted by atomic mass is 10.0. The number of rotatable bonds is 2. The maximum absolute atomic E-state index is 6.05. The summed E-state index contributed by atoms with van der Waals surface area (Å²) < 4.78 is 2.12. The lowest BCUT2D eigenvalue weighted by molar-refractivity contribution is 1.15. The van der Waals surface area contributed by atoms with Crippen molar-refractivity contribution in [2.24, 2.45) is 0 Å². The first-order valence-electron chi connectivity index (χ1n) is 5.44. The molecular formula is C14H9Br3Cl2. The Morgan fingerprint density at radius 1 is 0.895 bits per heavy atom. The molecule has 0 aliphatic heterocycles. The molecule has 0 bridgehead atoms. The van der Waals surface area contributed by atoms with Crippen LogP contribution in [0.25, 0.3) is 0 Å². The van der Waals surface area contributed by atoms with Gasteiger partial charge < -0.3 is 0 Å². The van der Waals surface area contributed by atoms with Crippen LogP contribution in [-0.2, 0) is 0 Å². The third-order valence-corrected chi connectivity index (χ3v) is 5.73. The van der Waals surface area contributed by atoms with Crippen molar-refractivity contribution in [1.82, 2.24) is 0 Å². The van der Waals surface area contributed by atoms with Gasteiger partial charge in [-0.05, 0) is 53.9 Å². The van der Waals surface area contributed by atoms with Gasteiger partial charge >= 0.3 is 0 Å². The normalized spacial score (nSPS) is 12.5. The maximum atomic E-state index is 6.05. The van der Waals surface area contributed by atoms with Crippen molar-refractivity contribution in [2.45, 2.75) is 11.8 Å². The molecule has 0 radical (unpaired) electrons. The monoisotopic (exact) mass is 484 g/mol. The number of hydrogen-bond donors (Lipinski definition) is 0. The van der Waals surface area contributed by atoms with Gasteiger partial charge in [-0.3, -0.25) is 0 Å². The van der Waals surface area contributed by atoms with Crippen LogP contribution in [0.4, 0.5) is 0 Å². The zero-order chi connectivity index (χ0) is 14.2. The summed E-state index contributed by atoms with van der Waals surface area (Å²) in [7, 11) is 0. The fraction of sp³-hybridized carbons (Fsp3) is 0.143. The molecule has 0 spiro atoms. The van der Waals surface area contributed by atoms with E-state index in [1.807, 2.05) is 12.1 Å². The van der Waals surface area contributed by atoms with Crippen molar-refractivity contribution >= 4 is 71.0 Å². The van der Waals surface area contributed by atoms with Crippen LogP contribution in [0.2, 0.25) is 10.0 Å². The summed E-state index contributed by atoms with van der Waals surface area (Å²) in [4.78, 5) is 0.0231. The van der Waals surface area contributed by atoms with Gasteiger partial charge in [0.05, 0.1) is 4.83 Å². The molecule has 0 fully saturated rings. The third kappa shape index (κ3) is 3.76. The number of alkyl halides is 1. The van der Waals surface area contributed by atoms with E-state index in [2.05, 4.69) is 66.8 Å². The van der Waals surface area contributed by atoms with Crippen LogP contribution in [0, 0.1) is 6.92 Å². The highest BCUT2D eigenvalue weighted by Crippen LogP contribution is 2.39. The zero-order valence-corrected chi connectivity index (χ0v) is 16.1. The first-order valence-corrected chi connectivity index (χ1v) is 8.70. The number of benzene rings is 2. The molecule has 1 unspecified atom stereocenters. The van der Waals surface area contributed by atoms with Gasteiger partial charge in [0.2, 0.25) is 0 Å². The molecule has 0 saturated carbocycles. The number of hydrogen-bond acceptors (Lipinski definition) is 0. The van der Waals surface area contributed by atoms with Gasteiger partial charge in [-0.1, -0.05) is 71.0 Å². The summed E-state index contributed by atoms with van der Waals surface area (Å²) in [5.74, 6) is 0. The van der Waals surface area contributed by atoms with Crippen molar-refractivity contribution in [3.05, 3.63) is 66.0 Å². The molecular weight excluding hydrogens is 479 g/mol. The van der Waals surface area contributed by atoms with Gasteiger partial charge in [0, 0.05) is 19.0 Å². The van der Waals surface area contributed by atoms with Crippen LogP contribution in [0.1, 0.15) is 21.5 Å². The van der Waals surface area contributed by atoms with Gasteiger partial charge in [-0.15, -0.1) is 0 Å². The molecule has 2 rings (SSSR count). The van der Waals surface area contributed by atoms with Crippen LogP contribution in [-0.4, -0.2) is 0 Å². The Kier molecular flexibility index (Phi) is 5.41. The SMILES string of the molecule is Cc1cc(Br)c(C(Br)c2cc(Cl)cc(Cl)c2)cc1Br. The molecule has 0 aromatic heterocycles. The van der Waals surface area contributed by atoms with Gasteiger partial charge in [-0.25, -0.2) is 0 Å². The van der Waals surface area contributed by atoms with E-state index in [4.69, 9.17) is 23.2 Å². The van der Waals surface area contributed by atoms with Gasteiger partial charge in [0.1, 0.15) is 0 Å². The van der Waals surface area contributed by atoms with Crippen molar-refractivity contribution < 1.29 is 0 Å². The minimum Gasteiger partial charge on any atom is -0.0843 e. The highest BCUT2D eigenvalue weighted by Gasteiger charge is 2.16. The maximum Gasteiger partial charge on any atom is 0.0657 e. The van der Waals surface area contributed by atoms with Crippen LogP contribution in [0.3, 0.4) is 0 Å². The minimum absolute atomic E-state index is 0.0231. The van der Waals surface area contributed by atoms with Gasteiger partial charge in [0.25, 0.3) is 0 Å². The fourth-order valence-corrected chi connectivity index (χ4v) is 4.30. The van der Waals surface area contributed by atoms with Crippen LogP contribution < -0.4 is 0 Å². The average molecular weight is 488 g/mol. The van der Waals surface area contributed by atoms with Crippen LogP contribution >= 0.6 is 71.0 Å². The van der Waals surface area contributed by atoms with E-state index in [-0.39, 0.29) is 4.83 Å². The van der Waals surface area contributed by atoms with Crippen molar-refractivity contribution in [1.29, 1.82) is 0 Å². The van der Waals surface area contributed by atoms with E-state index < -0.39 is 0 Å². The molecule has 2 aromatic rings. The van der Waals surface area contributed by atoms with Crippen molar-refractivity contribution in [3.8, 4) is 0 Å². The predicted octanol–water partition coefficient (Wildman–Crippen LogP) is 7.31. The highest BCUT2D eigenvalue weighted by molar-refractivity contribution is 9.11. The molecule has 0 heterocycles. The van der Waals surface area contributed by atoms with E-state index in [0.29, 0.717) is 10.0 Å². The topological polar surface area (TPSA) is 0 Å². The predicted molar refractivity (Wildman–Crippen MR) is 93.8 cm³/mol. The zero-order valence-electron chi connectivity index (χ0n) is 9.85. The standard InChI is InChI=1S/C14H9Br3Cl2/c1-7-2-13(16)11(6-12(7)15)14(17)8-3-9(18)5-10(19)4-8/h2-6,14H,1H3. The molecule has 2 aromatic carbocycles. The van der Waals surface area contributed by atoms with Crippen molar-refractivity contribution in [3.63, 3.8) is 0 Å². The molecule has 1 atom stereocenters. The Hall–Kier alpha value is 0.460. The summed E-state index contributed by atoms with van der Waals surface area (Å²) >= 11 is 23.0. The second kappa shape index (κ2) is 6.48. The molecule has 0 aliphatic carbocycles. The molecule has 0 aliphatic rings. The Labute approximate surface area is 147 Å².